The van der Waals surface area contributed by atoms with Gasteiger partial charge in [0.05, 0.1) is 5.56 Å². The summed E-state index contributed by atoms with van der Waals surface area (Å²) in [5, 5.41) is 14.6. The van der Waals surface area contributed by atoms with Crippen LogP contribution in [0.15, 0.2) is 24.3 Å². The van der Waals surface area contributed by atoms with Crippen molar-refractivity contribution in [3.8, 4) is 0 Å². The average Bonchev–Trinajstić information content (AvgIpc) is 2.38. The number of hydrogen-bond acceptors (Lipinski definition) is 4. The molecule has 0 aliphatic carbocycles. The van der Waals surface area contributed by atoms with Crippen LogP contribution >= 0.6 is 0 Å². The molecule has 1 unspecified atom stereocenters. The molecular formula is C15H22N2O4. The van der Waals surface area contributed by atoms with Gasteiger partial charge in [-0.1, -0.05) is 12.1 Å². The molecule has 0 aliphatic rings. The molecule has 1 aromatic rings. The fraction of sp³-hybridized carbons (Fsp3) is 0.467. The number of nitrogens with one attached hydrogen (secondary N) is 2. The number of carbonyl (C=O) groups excluding carboxylic acids is 1. The van der Waals surface area contributed by atoms with E-state index in [1.165, 1.54) is 12.1 Å². The molecule has 6 nitrogen and oxygen atoms in total. The van der Waals surface area contributed by atoms with E-state index < -0.39 is 17.7 Å². The Kier molecular flexibility index (Phi) is 5.72. The highest BCUT2D eigenvalue weighted by Gasteiger charge is 2.17. The molecule has 1 atom stereocenters. The quantitative estimate of drug-likeness (QED) is 0.774. The number of ether oxygens (including phenoxy) is 1. The average molecular weight is 294 g/mol. The van der Waals surface area contributed by atoms with E-state index in [2.05, 4.69) is 10.6 Å². The zero-order valence-electron chi connectivity index (χ0n) is 12.8. The smallest absolute Gasteiger partial charge is 0.407 e. The van der Waals surface area contributed by atoms with Crippen LogP contribution in [0.25, 0.3) is 0 Å². The molecule has 0 heterocycles. The molecule has 0 fully saturated rings. The lowest BCUT2D eigenvalue weighted by Gasteiger charge is -2.22. The second kappa shape index (κ2) is 7.08. The van der Waals surface area contributed by atoms with Crippen LogP contribution in [0.4, 0.5) is 4.79 Å². The Hall–Kier alpha value is -2.08. The molecule has 1 amide bonds. The Morgan fingerprint density at radius 3 is 2.24 bits per heavy atom. The number of carboxylic acid groups (broad SMARTS) is 1. The summed E-state index contributed by atoms with van der Waals surface area (Å²) in [6, 6.07) is 6.40. The van der Waals surface area contributed by atoms with E-state index in [9.17, 15) is 9.59 Å². The highest BCUT2D eigenvalue weighted by atomic mass is 16.6. The Balaban J connectivity index is 2.62. The number of rotatable bonds is 5. The largest absolute Gasteiger partial charge is 0.478 e. The number of aromatic carboxylic acids is 1. The van der Waals surface area contributed by atoms with Gasteiger partial charge in [0.1, 0.15) is 5.60 Å². The predicted octanol–water partition coefficient (Wildman–Crippen LogP) is 2.17. The molecular weight excluding hydrogens is 272 g/mol. The predicted molar refractivity (Wildman–Crippen MR) is 79.4 cm³/mol. The number of alkyl carbamates (subject to hydrolysis) is 1. The fourth-order valence-corrected chi connectivity index (χ4v) is 1.74. The van der Waals surface area contributed by atoms with Crippen LogP contribution in [-0.4, -0.2) is 36.4 Å². The number of likely N-dealkylation sites (N-methyl/N-ethyl adjacent to an activating group) is 1. The van der Waals surface area contributed by atoms with E-state index in [0.717, 1.165) is 5.56 Å². The summed E-state index contributed by atoms with van der Waals surface area (Å²) in [6.45, 7) is 5.74. The van der Waals surface area contributed by atoms with Crippen molar-refractivity contribution in [3.63, 3.8) is 0 Å². The molecule has 0 aliphatic heterocycles. The lowest BCUT2D eigenvalue weighted by Crippen LogP contribution is -2.37. The molecule has 0 bridgehead atoms. The van der Waals surface area contributed by atoms with Crippen LogP contribution < -0.4 is 10.6 Å². The number of hydrogen-bond donors (Lipinski definition) is 3. The molecule has 0 spiro atoms. The van der Waals surface area contributed by atoms with E-state index in [4.69, 9.17) is 9.84 Å². The maximum Gasteiger partial charge on any atom is 0.407 e. The molecule has 1 rings (SSSR count). The van der Waals surface area contributed by atoms with Gasteiger partial charge >= 0.3 is 12.1 Å². The third kappa shape index (κ3) is 5.83. The molecule has 0 aromatic heterocycles. The Bertz CT molecular complexity index is 491. The van der Waals surface area contributed by atoms with Crippen molar-refractivity contribution >= 4 is 12.1 Å². The van der Waals surface area contributed by atoms with Crippen LogP contribution in [-0.2, 0) is 4.74 Å². The van der Waals surface area contributed by atoms with Gasteiger partial charge in [-0.3, -0.25) is 0 Å². The lowest BCUT2D eigenvalue weighted by atomic mass is 10.0. The minimum atomic E-state index is -0.963. The minimum absolute atomic E-state index is 0.125. The first kappa shape index (κ1) is 17.0. The monoisotopic (exact) mass is 294 g/mol. The van der Waals surface area contributed by atoms with E-state index in [1.807, 2.05) is 0 Å². The van der Waals surface area contributed by atoms with Crippen LogP contribution in [0.3, 0.4) is 0 Å². The Labute approximate surface area is 124 Å². The molecule has 6 heteroatoms. The van der Waals surface area contributed by atoms with Crippen molar-refractivity contribution in [2.24, 2.45) is 0 Å². The number of amides is 1. The van der Waals surface area contributed by atoms with Gasteiger partial charge in [0.2, 0.25) is 0 Å². The summed E-state index contributed by atoms with van der Waals surface area (Å²) in [7, 11) is 1.77. The third-order valence-electron chi connectivity index (χ3n) is 2.76. The zero-order valence-corrected chi connectivity index (χ0v) is 12.8. The van der Waals surface area contributed by atoms with Gasteiger partial charge in [-0.15, -0.1) is 0 Å². The van der Waals surface area contributed by atoms with Gasteiger partial charge < -0.3 is 20.5 Å². The molecule has 3 N–H and O–H groups in total. The van der Waals surface area contributed by atoms with Crippen molar-refractivity contribution in [2.75, 3.05) is 13.6 Å². The van der Waals surface area contributed by atoms with Crippen LogP contribution in [0.1, 0.15) is 42.7 Å². The van der Waals surface area contributed by atoms with E-state index in [-0.39, 0.29) is 11.6 Å². The van der Waals surface area contributed by atoms with E-state index in [1.54, 1.807) is 40.0 Å². The maximum atomic E-state index is 11.6. The van der Waals surface area contributed by atoms with Crippen LogP contribution in [0.2, 0.25) is 0 Å². The van der Waals surface area contributed by atoms with Gasteiger partial charge in [0, 0.05) is 12.6 Å². The molecule has 1 aromatic carbocycles. The minimum Gasteiger partial charge on any atom is -0.478 e. The van der Waals surface area contributed by atoms with Crippen molar-refractivity contribution in [1.29, 1.82) is 0 Å². The Morgan fingerprint density at radius 2 is 1.81 bits per heavy atom. The summed E-state index contributed by atoms with van der Waals surface area (Å²) < 4.78 is 5.16. The van der Waals surface area contributed by atoms with E-state index in [0.29, 0.717) is 6.54 Å². The van der Waals surface area contributed by atoms with Crippen molar-refractivity contribution in [2.45, 2.75) is 32.4 Å². The van der Waals surface area contributed by atoms with E-state index >= 15 is 0 Å². The number of carbonyl (C=O) groups is 2. The summed E-state index contributed by atoms with van der Waals surface area (Å²) in [5.41, 5.74) is 0.579. The first-order valence-corrected chi connectivity index (χ1v) is 6.70. The van der Waals surface area contributed by atoms with Crippen LogP contribution in [0, 0.1) is 0 Å². The second-order valence-corrected chi connectivity index (χ2v) is 5.65. The summed E-state index contributed by atoms with van der Waals surface area (Å²) in [4.78, 5) is 22.4. The van der Waals surface area contributed by atoms with Gasteiger partial charge in [-0.2, -0.15) is 0 Å². The first-order valence-electron chi connectivity index (χ1n) is 6.70. The molecule has 21 heavy (non-hydrogen) atoms. The maximum absolute atomic E-state index is 11.6. The lowest BCUT2D eigenvalue weighted by molar-refractivity contribution is 0.0522. The van der Waals surface area contributed by atoms with Crippen molar-refractivity contribution in [3.05, 3.63) is 35.4 Å². The van der Waals surface area contributed by atoms with Gasteiger partial charge in [-0.05, 0) is 45.5 Å². The molecule has 0 saturated heterocycles. The standard InChI is InChI=1S/C15H22N2O4/c1-15(2,3)21-14(20)17-9-12(16-4)10-5-7-11(8-6-10)13(18)19/h5-8,12,16H,9H2,1-4H3,(H,17,20)(H,18,19). The zero-order chi connectivity index (χ0) is 16.0. The van der Waals surface area contributed by atoms with Gasteiger partial charge in [-0.25, -0.2) is 9.59 Å². The van der Waals surface area contributed by atoms with Crippen LogP contribution in [0.5, 0.6) is 0 Å². The number of carboxylic acids is 1. The summed E-state index contributed by atoms with van der Waals surface area (Å²) in [6.07, 6.45) is -0.482. The molecule has 116 valence electrons. The number of benzene rings is 1. The van der Waals surface area contributed by atoms with Crippen molar-refractivity contribution in [1.82, 2.24) is 10.6 Å². The normalized spacial score (nSPS) is 12.6. The Morgan fingerprint density at radius 1 is 1.24 bits per heavy atom. The van der Waals surface area contributed by atoms with Crippen molar-refractivity contribution < 1.29 is 19.4 Å². The first-order chi connectivity index (χ1) is 9.73. The SMILES string of the molecule is CNC(CNC(=O)OC(C)(C)C)c1ccc(C(=O)O)cc1. The fourth-order valence-electron chi connectivity index (χ4n) is 1.74. The van der Waals surface area contributed by atoms with Gasteiger partial charge in [0.15, 0.2) is 0 Å². The highest BCUT2D eigenvalue weighted by molar-refractivity contribution is 5.87. The summed E-state index contributed by atoms with van der Waals surface area (Å²) >= 11 is 0. The topological polar surface area (TPSA) is 87.7 Å². The third-order valence-corrected chi connectivity index (χ3v) is 2.76. The van der Waals surface area contributed by atoms with Gasteiger partial charge in [0.25, 0.3) is 0 Å². The second-order valence-electron chi connectivity index (χ2n) is 5.65. The molecule has 0 saturated carbocycles. The molecule has 0 radical (unpaired) electrons. The summed E-state index contributed by atoms with van der Waals surface area (Å²) in [5.74, 6) is -0.963. The highest BCUT2D eigenvalue weighted by Crippen LogP contribution is 2.14.